The Balaban J connectivity index is 1.95. The third-order valence-corrected chi connectivity index (χ3v) is 4.03. The zero-order chi connectivity index (χ0) is 17.7. The quantitative estimate of drug-likeness (QED) is 0.844. The lowest BCUT2D eigenvalue weighted by atomic mass is 9.87. The van der Waals surface area contributed by atoms with Crippen LogP contribution in [0.15, 0.2) is 48.5 Å². The second kappa shape index (κ2) is 7.52. The molecule has 0 aliphatic carbocycles. The van der Waals surface area contributed by atoms with Crippen LogP contribution in [0.2, 0.25) is 0 Å². The minimum Gasteiger partial charge on any atom is -0.481 e. The van der Waals surface area contributed by atoms with Gasteiger partial charge in [-0.1, -0.05) is 52.0 Å². The number of rotatable bonds is 5. The summed E-state index contributed by atoms with van der Waals surface area (Å²) in [7, 11) is 0. The molecule has 1 N–H and O–H groups in total. The van der Waals surface area contributed by atoms with E-state index in [0.29, 0.717) is 5.75 Å². The van der Waals surface area contributed by atoms with Crippen molar-refractivity contribution in [1.82, 2.24) is 0 Å². The molecular formula is C21H27NO2. The highest BCUT2D eigenvalue weighted by Crippen LogP contribution is 2.24. The largest absolute Gasteiger partial charge is 0.481 e. The second-order valence-corrected chi connectivity index (χ2v) is 7.07. The molecule has 0 aliphatic rings. The maximum absolute atomic E-state index is 12.3. The Labute approximate surface area is 145 Å². The van der Waals surface area contributed by atoms with Crippen molar-refractivity contribution in [3.05, 3.63) is 59.7 Å². The molecule has 128 valence electrons. The van der Waals surface area contributed by atoms with E-state index in [1.165, 1.54) is 11.1 Å². The first-order valence-corrected chi connectivity index (χ1v) is 8.46. The Hall–Kier alpha value is -2.29. The van der Waals surface area contributed by atoms with Gasteiger partial charge in [-0.05, 0) is 54.2 Å². The Bertz CT molecular complexity index is 666. The third kappa shape index (κ3) is 4.85. The smallest absolute Gasteiger partial charge is 0.265 e. The molecule has 2 rings (SSSR count). The van der Waals surface area contributed by atoms with E-state index in [4.69, 9.17) is 4.74 Å². The summed E-state index contributed by atoms with van der Waals surface area (Å²) in [6.07, 6.45) is 0.425. The average Bonchev–Trinajstić information content (AvgIpc) is 2.55. The molecule has 0 bridgehead atoms. The van der Waals surface area contributed by atoms with Gasteiger partial charge in [-0.15, -0.1) is 0 Å². The highest BCUT2D eigenvalue weighted by atomic mass is 16.5. The van der Waals surface area contributed by atoms with E-state index < -0.39 is 6.10 Å². The van der Waals surface area contributed by atoms with Crippen LogP contribution in [0.1, 0.15) is 45.7 Å². The standard InChI is InChI=1S/C21H27NO2/c1-6-16-7-11-18(12-8-16)22-20(23)15(2)24-19-13-9-17(10-14-19)21(3,4)5/h7-15H,6H2,1-5H3,(H,22,23). The van der Waals surface area contributed by atoms with Gasteiger partial charge in [0.05, 0.1) is 0 Å². The first kappa shape index (κ1) is 18.1. The lowest BCUT2D eigenvalue weighted by molar-refractivity contribution is -0.122. The Morgan fingerprint density at radius 2 is 1.62 bits per heavy atom. The monoisotopic (exact) mass is 325 g/mol. The Morgan fingerprint density at radius 1 is 1.04 bits per heavy atom. The second-order valence-electron chi connectivity index (χ2n) is 7.07. The molecule has 0 aromatic heterocycles. The fourth-order valence-corrected chi connectivity index (χ4v) is 2.36. The van der Waals surface area contributed by atoms with Crippen LogP contribution in [-0.2, 0) is 16.6 Å². The van der Waals surface area contributed by atoms with Gasteiger partial charge in [0.25, 0.3) is 5.91 Å². The van der Waals surface area contributed by atoms with Gasteiger partial charge in [0.15, 0.2) is 6.10 Å². The van der Waals surface area contributed by atoms with Crippen molar-refractivity contribution in [1.29, 1.82) is 0 Å². The van der Waals surface area contributed by atoms with Gasteiger partial charge >= 0.3 is 0 Å². The van der Waals surface area contributed by atoms with Gasteiger partial charge in [-0.3, -0.25) is 4.79 Å². The van der Waals surface area contributed by atoms with E-state index in [9.17, 15) is 4.79 Å². The molecule has 0 spiro atoms. The van der Waals surface area contributed by atoms with E-state index in [2.05, 4.69) is 33.0 Å². The lowest BCUT2D eigenvalue weighted by Crippen LogP contribution is -2.30. The molecule has 2 aromatic rings. The maximum Gasteiger partial charge on any atom is 0.265 e. The van der Waals surface area contributed by atoms with Crippen LogP contribution in [0.4, 0.5) is 5.69 Å². The van der Waals surface area contributed by atoms with Crippen molar-refractivity contribution in [3.63, 3.8) is 0 Å². The Morgan fingerprint density at radius 3 is 2.12 bits per heavy atom. The number of carbonyl (C=O) groups is 1. The molecule has 0 heterocycles. The van der Waals surface area contributed by atoms with Crippen LogP contribution in [0.3, 0.4) is 0 Å². The van der Waals surface area contributed by atoms with Crippen molar-refractivity contribution in [2.24, 2.45) is 0 Å². The number of carbonyl (C=O) groups excluding carboxylic acids is 1. The van der Waals surface area contributed by atoms with Gasteiger partial charge in [-0.25, -0.2) is 0 Å². The zero-order valence-corrected chi connectivity index (χ0v) is 15.2. The fourth-order valence-electron chi connectivity index (χ4n) is 2.36. The minimum absolute atomic E-state index is 0.103. The van der Waals surface area contributed by atoms with Gasteiger partial charge in [0, 0.05) is 5.69 Å². The molecule has 0 saturated carbocycles. The summed E-state index contributed by atoms with van der Waals surface area (Å²) < 4.78 is 5.75. The van der Waals surface area contributed by atoms with Crippen LogP contribution in [-0.4, -0.2) is 12.0 Å². The first-order chi connectivity index (χ1) is 11.3. The van der Waals surface area contributed by atoms with Crippen LogP contribution in [0.5, 0.6) is 5.75 Å². The number of amides is 1. The van der Waals surface area contributed by atoms with E-state index in [1.807, 2.05) is 48.5 Å². The lowest BCUT2D eigenvalue weighted by Gasteiger charge is -2.20. The molecule has 0 radical (unpaired) electrons. The van der Waals surface area contributed by atoms with Gasteiger partial charge in [0.1, 0.15) is 5.75 Å². The van der Waals surface area contributed by atoms with E-state index in [-0.39, 0.29) is 11.3 Å². The van der Waals surface area contributed by atoms with Gasteiger partial charge in [-0.2, -0.15) is 0 Å². The number of aryl methyl sites for hydroxylation is 1. The molecule has 1 unspecified atom stereocenters. The number of hydrogen-bond donors (Lipinski definition) is 1. The van der Waals surface area contributed by atoms with E-state index in [1.54, 1.807) is 6.92 Å². The Kier molecular flexibility index (Phi) is 5.66. The zero-order valence-electron chi connectivity index (χ0n) is 15.2. The fraction of sp³-hybridized carbons (Fsp3) is 0.381. The summed E-state index contributed by atoms with van der Waals surface area (Å²) in [6.45, 7) is 10.4. The highest BCUT2D eigenvalue weighted by Gasteiger charge is 2.16. The summed E-state index contributed by atoms with van der Waals surface area (Å²) >= 11 is 0. The number of ether oxygens (including phenoxy) is 1. The summed E-state index contributed by atoms with van der Waals surface area (Å²) in [6, 6.07) is 15.8. The summed E-state index contributed by atoms with van der Waals surface area (Å²) in [5, 5.41) is 2.88. The van der Waals surface area contributed by atoms with Crippen LogP contribution in [0, 0.1) is 0 Å². The molecule has 1 amide bonds. The number of benzene rings is 2. The van der Waals surface area contributed by atoms with Gasteiger partial charge < -0.3 is 10.1 Å². The number of nitrogens with one attached hydrogen (secondary N) is 1. The summed E-state index contributed by atoms with van der Waals surface area (Å²) in [5.41, 5.74) is 3.38. The van der Waals surface area contributed by atoms with Crippen LogP contribution in [0.25, 0.3) is 0 Å². The molecule has 24 heavy (non-hydrogen) atoms. The molecule has 0 aliphatic heterocycles. The molecule has 2 aromatic carbocycles. The van der Waals surface area contributed by atoms with Crippen molar-refractivity contribution in [2.75, 3.05) is 5.32 Å². The number of hydrogen-bond acceptors (Lipinski definition) is 2. The predicted molar refractivity (Wildman–Crippen MR) is 99.7 cm³/mol. The maximum atomic E-state index is 12.3. The van der Waals surface area contributed by atoms with Crippen molar-refractivity contribution in [3.8, 4) is 5.75 Å². The number of anilines is 1. The molecule has 0 saturated heterocycles. The van der Waals surface area contributed by atoms with E-state index >= 15 is 0 Å². The average molecular weight is 325 g/mol. The molecule has 1 atom stereocenters. The third-order valence-electron chi connectivity index (χ3n) is 4.03. The normalized spacial score (nSPS) is 12.5. The molecule has 3 nitrogen and oxygen atoms in total. The highest BCUT2D eigenvalue weighted by molar-refractivity contribution is 5.94. The first-order valence-electron chi connectivity index (χ1n) is 8.46. The molecule has 0 fully saturated rings. The molecule has 3 heteroatoms. The summed E-state index contributed by atoms with van der Waals surface area (Å²) in [5.74, 6) is 0.547. The van der Waals surface area contributed by atoms with Gasteiger partial charge in [0.2, 0.25) is 0 Å². The summed E-state index contributed by atoms with van der Waals surface area (Å²) in [4.78, 5) is 12.3. The van der Waals surface area contributed by atoms with E-state index in [0.717, 1.165) is 12.1 Å². The minimum atomic E-state index is -0.559. The van der Waals surface area contributed by atoms with Crippen molar-refractivity contribution < 1.29 is 9.53 Å². The predicted octanol–water partition coefficient (Wildman–Crippen LogP) is 4.95. The SMILES string of the molecule is CCc1ccc(NC(=O)C(C)Oc2ccc(C(C)(C)C)cc2)cc1. The van der Waals surface area contributed by atoms with Crippen LogP contribution >= 0.6 is 0 Å². The van der Waals surface area contributed by atoms with Crippen molar-refractivity contribution >= 4 is 11.6 Å². The van der Waals surface area contributed by atoms with Crippen molar-refractivity contribution in [2.45, 2.75) is 52.6 Å². The molecular weight excluding hydrogens is 298 g/mol. The van der Waals surface area contributed by atoms with Crippen LogP contribution < -0.4 is 10.1 Å². The topological polar surface area (TPSA) is 38.3 Å².